The van der Waals surface area contributed by atoms with Gasteiger partial charge in [0, 0.05) is 25.8 Å². The molecule has 0 bridgehead atoms. The van der Waals surface area contributed by atoms with E-state index in [1.807, 2.05) is 0 Å². The van der Waals surface area contributed by atoms with Gasteiger partial charge in [-0.15, -0.1) is 0 Å². The van der Waals surface area contributed by atoms with Crippen LogP contribution in [0.5, 0.6) is 0 Å². The summed E-state index contributed by atoms with van der Waals surface area (Å²) in [4.78, 5) is 25.4. The van der Waals surface area contributed by atoms with Crippen molar-refractivity contribution < 1.29 is 19.6 Å². The van der Waals surface area contributed by atoms with Crippen LogP contribution in [-0.2, 0) is 4.74 Å². The third-order valence-electron chi connectivity index (χ3n) is 3.34. The van der Waals surface area contributed by atoms with Crippen LogP contribution in [0.15, 0.2) is 12.3 Å². The second kappa shape index (κ2) is 6.02. The number of nitrogens with zero attached hydrogens (tertiary/aromatic N) is 2. The molecule has 21 heavy (non-hydrogen) atoms. The van der Waals surface area contributed by atoms with Crippen LogP contribution in [0.4, 0.5) is 11.5 Å². The van der Waals surface area contributed by atoms with E-state index in [-0.39, 0.29) is 24.5 Å². The van der Waals surface area contributed by atoms with Crippen LogP contribution >= 0.6 is 0 Å². The van der Waals surface area contributed by atoms with E-state index in [4.69, 9.17) is 10.5 Å². The first-order valence-corrected chi connectivity index (χ1v) is 6.40. The molecule has 0 spiro atoms. The summed E-state index contributed by atoms with van der Waals surface area (Å²) in [5, 5.41) is 23.9. The van der Waals surface area contributed by atoms with E-state index in [1.165, 1.54) is 12.3 Å². The summed E-state index contributed by atoms with van der Waals surface area (Å²) in [6.07, 6.45) is 2.14. The lowest BCUT2D eigenvalue weighted by atomic mass is 9.99. The summed E-state index contributed by atoms with van der Waals surface area (Å²) in [5.74, 6) is -0.936. The topological polar surface area (TPSA) is 141 Å². The highest BCUT2D eigenvalue weighted by Gasteiger charge is 2.32. The number of hydrogen-bond acceptors (Lipinski definition) is 7. The first-order chi connectivity index (χ1) is 9.93. The third-order valence-corrected chi connectivity index (χ3v) is 3.34. The van der Waals surface area contributed by atoms with Gasteiger partial charge in [-0.3, -0.25) is 14.9 Å². The van der Waals surface area contributed by atoms with E-state index in [0.717, 1.165) is 0 Å². The Morgan fingerprint density at radius 3 is 3.00 bits per heavy atom. The van der Waals surface area contributed by atoms with Gasteiger partial charge in [0.25, 0.3) is 5.91 Å². The summed E-state index contributed by atoms with van der Waals surface area (Å²) in [6, 6.07) is 1.20. The number of nitrogens with two attached hydrogens (primary N) is 1. The van der Waals surface area contributed by atoms with Gasteiger partial charge in [-0.2, -0.15) is 0 Å². The number of anilines is 1. The average Bonchev–Trinajstić information content (AvgIpc) is 2.85. The average molecular weight is 296 g/mol. The molecule has 9 heteroatoms. The van der Waals surface area contributed by atoms with Crippen LogP contribution < -0.4 is 11.1 Å². The molecular weight excluding hydrogens is 280 g/mol. The molecule has 1 aromatic rings. The van der Waals surface area contributed by atoms with Gasteiger partial charge < -0.3 is 20.9 Å². The lowest BCUT2D eigenvalue weighted by Gasteiger charge is -2.20. The van der Waals surface area contributed by atoms with Gasteiger partial charge in [-0.25, -0.2) is 4.98 Å². The number of aromatic nitrogens is 1. The zero-order valence-electron chi connectivity index (χ0n) is 11.2. The largest absolute Gasteiger partial charge is 0.387 e. The first-order valence-electron chi connectivity index (χ1n) is 6.40. The number of pyridine rings is 1. The van der Waals surface area contributed by atoms with E-state index in [1.54, 1.807) is 0 Å². The maximum atomic E-state index is 11.2. The fourth-order valence-corrected chi connectivity index (χ4v) is 2.17. The van der Waals surface area contributed by atoms with Gasteiger partial charge >= 0.3 is 5.69 Å². The van der Waals surface area contributed by atoms with E-state index in [2.05, 4.69) is 10.3 Å². The van der Waals surface area contributed by atoms with Gasteiger partial charge in [-0.05, 0) is 12.5 Å². The third kappa shape index (κ3) is 3.44. The number of aliphatic hydroxyl groups is 1. The van der Waals surface area contributed by atoms with Gasteiger partial charge in [-0.1, -0.05) is 0 Å². The van der Waals surface area contributed by atoms with Gasteiger partial charge in [0.05, 0.1) is 17.1 Å². The Kier molecular flexibility index (Phi) is 4.34. The molecule has 1 aliphatic heterocycles. The van der Waals surface area contributed by atoms with E-state index < -0.39 is 22.1 Å². The van der Waals surface area contributed by atoms with Crippen molar-refractivity contribution in [1.82, 2.24) is 4.98 Å². The minimum Gasteiger partial charge on any atom is -0.387 e. The van der Waals surface area contributed by atoms with Gasteiger partial charge in [0.15, 0.2) is 0 Å². The minimum atomic E-state index is -0.928. The smallest absolute Gasteiger partial charge is 0.324 e. The number of nitro groups is 1. The van der Waals surface area contributed by atoms with Crippen molar-refractivity contribution in [1.29, 1.82) is 0 Å². The van der Waals surface area contributed by atoms with Gasteiger partial charge in [0.2, 0.25) is 5.82 Å². The van der Waals surface area contributed by atoms with Gasteiger partial charge in [0.1, 0.15) is 5.56 Å². The molecule has 4 N–H and O–H groups in total. The van der Waals surface area contributed by atoms with Crippen LogP contribution in [0.1, 0.15) is 23.2 Å². The number of carbonyl (C=O) groups excluding carboxylic acids is 1. The molecule has 0 aromatic carbocycles. The highest BCUT2D eigenvalue weighted by Crippen LogP contribution is 2.27. The number of ether oxygens (including phenoxy) is 1. The van der Waals surface area contributed by atoms with Crippen LogP contribution in [0.3, 0.4) is 0 Å². The molecule has 1 unspecified atom stereocenters. The molecule has 2 heterocycles. The number of rotatable bonds is 6. The highest BCUT2D eigenvalue weighted by molar-refractivity contribution is 5.98. The fraction of sp³-hybridized carbons (Fsp3) is 0.500. The van der Waals surface area contributed by atoms with E-state index in [9.17, 15) is 20.0 Å². The Morgan fingerprint density at radius 2 is 2.43 bits per heavy atom. The Morgan fingerprint density at radius 1 is 1.67 bits per heavy atom. The molecule has 0 aliphatic carbocycles. The second-order valence-electron chi connectivity index (χ2n) is 4.88. The lowest BCUT2D eigenvalue weighted by molar-refractivity contribution is -0.384. The lowest BCUT2D eigenvalue weighted by Crippen LogP contribution is -2.31. The summed E-state index contributed by atoms with van der Waals surface area (Å²) in [6.45, 7) is 0.994. The molecule has 1 aliphatic rings. The summed E-state index contributed by atoms with van der Waals surface area (Å²) >= 11 is 0. The Hall–Kier alpha value is -2.26. The molecule has 0 radical (unpaired) electrons. The maximum Gasteiger partial charge on any atom is 0.324 e. The predicted octanol–water partition coefficient (Wildman–Crippen LogP) is 0.0421. The fourth-order valence-electron chi connectivity index (χ4n) is 2.17. The van der Waals surface area contributed by atoms with Crippen molar-refractivity contribution in [3.63, 3.8) is 0 Å². The van der Waals surface area contributed by atoms with Crippen LogP contribution in [0.25, 0.3) is 0 Å². The molecule has 1 aromatic heterocycles. The van der Waals surface area contributed by atoms with Crippen molar-refractivity contribution in [2.45, 2.75) is 18.4 Å². The van der Waals surface area contributed by atoms with E-state index >= 15 is 0 Å². The number of hydrogen-bond donors (Lipinski definition) is 3. The number of carbonyl (C=O) groups is 1. The molecule has 2 rings (SSSR count). The molecular formula is C12H16N4O5. The molecule has 114 valence electrons. The molecule has 0 saturated carbocycles. The zero-order valence-corrected chi connectivity index (χ0v) is 11.2. The van der Waals surface area contributed by atoms with Crippen molar-refractivity contribution >= 4 is 17.4 Å². The Bertz CT molecular complexity index is 557. The van der Waals surface area contributed by atoms with Crippen molar-refractivity contribution in [2.75, 3.05) is 25.1 Å². The summed E-state index contributed by atoms with van der Waals surface area (Å²) in [5.41, 5.74) is 3.52. The standard InChI is InChI=1S/C12H16N4O5/c13-10(17)8-1-4-14-11(9(8)16(19)20)15-5-2-12(18)3-6-21-7-12/h1,4,18H,2-3,5-7H2,(H2,13,17)(H,14,15). The molecule has 1 saturated heterocycles. The molecule has 1 fully saturated rings. The zero-order chi connectivity index (χ0) is 15.5. The highest BCUT2D eigenvalue weighted by atomic mass is 16.6. The van der Waals surface area contributed by atoms with Crippen molar-refractivity contribution in [3.05, 3.63) is 27.9 Å². The van der Waals surface area contributed by atoms with E-state index in [0.29, 0.717) is 19.4 Å². The SMILES string of the molecule is NC(=O)c1ccnc(NCCC2(O)CCOC2)c1[N+](=O)[O-]. The Labute approximate surface area is 120 Å². The number of primary amides is 1. The molecule has 1 amide bonds. The monoisotopic (exact) mass is 296 g/mol. The molecule has 1 atom stereocenters. The van der Waals surface area contributed by atoms with Crippen LogP contribution in [0.2, 0.25) is 0 Å². The Balaban J connectivity index is 2.11. The normalized spacial score (nSPS) is 21.2. The molecule has 9 nitrogen and oxygen atoms in total. The number of amides is 1. The summed E-state index contributed by atoms with van der Waals surface area (Å²) < 4.78 is 5.11. The second-order valence-corrected chi connectivity index (χ2v) is 4.88. The number of nitrogens with one attached hydrogen (secondary N) is 1. The van der Waals surface area contributed by atoms with Crippen molar-refractivity contribution in [3.8, 4) is 0 Å². The predicted molar refractivity (Wildman–Crippen MR) is 72.9 cm³/mol. The maximum absolute atomic E-state index is 11.2. The van der Waals surface area contributed by atoms with Crippen LogP contribution in [0, 0.1) is 10.1 Å². The first kappa shape index (κ1) is 15.1. The van der Waals surface area contributed by atoms with Crippen molar-refractivity contribution in [2.24, 2.45) is 5.73 Å². The minimum absolute atomic E-state index is 0.0428. The quantitative estimate of drug-likeness (QED) is 0.497. The van der Waals surface area contributed by atoms with Crippen LogP contribution in [-0.4, -0.2) is 46.3 Å². The summed E-state index contributed by atoms with van der Waals surface area (Å²) in [7, 11) is 0.